The second-order valence-electron chi connectivity index (χ2n) is 6.70. The number of benzene rings is 1. The Bertz CT molecular complexity index is 931. The predicted octanol–water partition coefficient (Wildman–Crippen LogP) is 3.38. The molecule has 2 aliphatic rings. The van der Waals surface area contributed by atoms with Crippen molar-refractivity contribution >= 4 is 16.7 Å². The Labute approximate surface area is 139 Å². The zero-order valence-corrected chi connectivity index (χ0v) is 13.4. The number of aromatic amines is 1. The highest BCUT2D eigenvalue weighted by atomic mass is 16.5. The molecule has 0 amide bonds. The van der Waals surface area contributed by atoms with Gasteiger partial charge in [-0.15, -0.1) is 0 Å². The van der Waals surface area contributed by atoms with Gasteiger partial charge >= 0.3 is 0 Å². The van der Waals surface area contributed by atoms with E-state index >= 15 is 0 Å². The summed E-state index contributed by atoms with van der Waals surface area (Å²) in [4.78, 5) is 20.0. The van der Waals surface area contributed by atoms with Gasteiger partial charge in [0, 0.05) is 47.9 Å². The third kappa shape index (κ3) is 2.04. The molecule has 1 fully saturated rings. The largest absolute Gasteiger partial charge is 0.381 e. The number of aromatic nitrogens is 3. The zero-order valence-electron chi connectivity index (χ0n) is 13.4. The Morgan fingerprint density at radius 3 is 3.12 bits per heavy atom. The number of carbonyl (C=O) groups is 1. The summed E-state index contributed by atoms with van der Waals surface area (Å²) in [6.45, 7) is 1.55. The molecule has 24 heavy (non-hydrogen) atoms. The van der Waals surface area contributed by atoms with Gasteiger partial charge in [0.05, 0.1) is 12.3 Å². The minimum absolute atomic E-state index is 0.237. The molecule has 122 valence electrons. The summed E-state index contributed by atoms with van der Waals surface area (Å²) in [5, 5.41) is 1.17. The van der Waals surface area contributed by atoms with Crippen LogP contribution in [0.1, 0.15) is 47.1 Å². The van der Waals surface area contributed by atoms with E-state index < -0.39 is 0 Å². The van der Waals surface area contributed by atoms with E-state index in [9.17, 15) is 4.79 Å². The van der Waals surface area contributed by atoms with E-state index in [0.29, 0.717) is 12.3 Å². The lowest BCUT2D eigenvalue weighted by atomic mass is 9.95. The van der Waals surface area contributed by atoms with Crippen molar-refractivity contribution < 1.29 is 9.53 Å². The summed E-state index contributed by atoms with van der Waals surface area (Å²) in [6, 6.07) is 6.38. The third-order valence-corrected chi connectivity index (χ3v) is 5.24. The molecule has 0 bridgehead atoms. The molecule has 0 radical (unpaired) electrons. The fraction of sp³-hybridized carbons (Fsp3) is 0.368. The van der Waals surface area contributed by atoms with E-state index in [2.05, 4.69) is 32.7 Å². The Morgan fingerprint density at radius 2 is 2.25 bits per heavy atom. The lowest BCUT2D eigenvalue weighted by Gasteiger charge is -2.12. The quantitative estimate of drug-likeness (QED) is 0.787. The van der Waals surface area contributed by atoms with Crippen molar-refractivity contribution in [1.29, 1.82) is 0 Å². The lowest BCUT2D eigenvalue weighted by Crippen LogP contribution is -2.09. The second kappa shape index (κ2) is 5.31. The molecule has 3 heterocycles. The van der Waals surface area contributed by atoms with Crippen molar-refractivity contribution in [3.8, 4) is 5.69 Å². The summed E-state index contributed by atoms with van der Waals surface area (Å²) in [5.74, 6) is 1.65. The van der Waals surface area contributed by atoms with Crippen LogP contribution in [-0.4, -0.2) is 33.5 Å². The van der Waals surface area contributed by atoms with E-state index in [1.807, 2.05) is 12.4 Å². The average Bonchev–Trinajstić information content (AvgIpc) is 3.33. The Balaban J connectivity index is 1.61. The van der Waals surface area contributed by atoms with Crippen molar-refractivity contribution in [2.24, 2.45) is 0 Å². The van der Waals surface area contributed by atoms with E-state index in [-0.39, 0.29) is 5.78 Å². The molecule has 1 saturated heterocycles. The van der Waals surface area contributed by atoms with Gasteiger partial charge in [0.1, 0.15) is 5.82 Å². The number of carbonyl (C=O) groups excluding carboxylic acids is 1. The maximum atomic E-state index is 12.1. The molecular formula is C19H19N3O2. The first-order valence-corrected chi connectivity index (χ1v) is 8.60. The van der Waals surface area contributed by atoms with Gasteiger partial charge in [-0.1, -0.05) is 6.07 Å². The van der Waals surface area contributed by atoms with Crippen LogP contribution in [0.5, 0.6) is 0 Å². The predicted molar refractivity (Wildman–Crippen MR) is 90.9 cm³/mol. The molecule has 5 heteroatoms. The number of imidazole rings is 1. The Morgan fingerprint density at radius 1 is 1.29 bits per heavy atom. The van der Waals surface area contributed by atoms with Crippen molar-refractivity contribution in [3.63, 3.8) is 0 Å². The topological polar surface area (TPSA) is 59.9 Å². The van der Waals surface area contributed by atoms with Crippen LogP contribution in [0.25, 0.3) is 16.6 Å². The minimum Gasteiger partial charge on any atom is -0.381 e. The van der Waals surface area contributed by atoms with Crippen LogP contribution in [0.15, 0.2) is 30.6 Å². The molecule has 2 aromatic heterocycles. The van der Waals surface area contributed by atoms with Gasteiger partial charge in [-0.3, -0.25) is 4.79 Å². The molecule has 0 saturated carbocycles. The molecule has 1 atom stereocenters. The van der Waals surface area contributed by atoms with Gasteiger partial charge in [-0.05, 0) is 37.0 Å². The summed E-state index contributed by atoms with van der Waals surface area (Å²) in [6.07, 6.45) is 7.46. The van der Waals surface area contributed by atoms with Crippen LogP contribution in [0.3, 0.4) is 0 Å². The number of hydrogen-bond donors (Lipinski definition) is 1. The fourth-order valence-electron chi connectivity index (χ4n) is 4.02. The normalized spacial score (nSPS) is 20.7. The van der Waals surface area contributed by atoms with Crippen LogP contribution in [-0.2, 0) is 11.2 Å². The number of nitrogens with one attached hydrogen (secondary N) is 1. The third-order valence-electron chi connectivity index (χ3n) is 5.24. The number of Topliss-reactive ketones (excluding diaryl/α,β-unsaturated/α-hetero) is 1. The fourth-order valence-corrected chi connectivity index (χ4v) is 4.02. The van der Waals surface area contributed by atoms with Gasteiger partial charge < -0.3 is 14.3 Å². The van der Waals surface area contributed by atoms with Crippen molar-refractivity contribution in [2.75, 3.05) is 13.2 Å². The standard InChI is InChI=1S/C19H19N3O2/c23-17-3-1-2-15-14-5-4-13(10-16(14)21-18(15)17)22-8-7-20-19(22)12-6-9-24-11-12/h4-5,7-8,10,12,21H,1-3,6,9,11H2. The van der Waals surface area contributed by atoms with Crippen molar-refractivity contribution in [2.45, 2.75) is 31.6 Å². The zero-order chi connectivity index (χ0) is 16.1. The van der Waals surface area contributed by atoms with E-state index in [1.165, 1.54) is 10.9 Å². The molecule has 1 aliphatic carbocycles. The Kier molecular flexibility index (Phi) is 3.10. The van der Waals surface area contributed by atoms with E-state index in [0.717, 1.165) is 55.2 Å². The minimum atomic E-state index is 0.237. The maximum absolute atomic E-state index is 12.1. The summed E-state index contributed by atoms with van der Waals surface area (Å²) >= 11 is 0. The average molecular weight is 321 g/mol. The number of nitrogens with zero attached hydrogens (tertiary/aromatic N) is 2. The van der Waals surface area contributed by atoms with E-state index in [4.69, 9.17) is 4.74 Å². The molecular weight excluding hydrogens is 302 g/mol. The number of hydrogen-bond acceptors (Lipinski definition) is 3. The van der Waals surface area contributed by atoms with Crippen molar-refractivity contribution in [1.82, 2.24) is 14.5 Å². The molecule has 0 spiro atoms. The summed E-state index contributed by atoms with van der Waals surface area (Å²) in [7, 11) is 0. The first kappa shape index (κ1) is 14.0. The number of fused-ring (bicyclic) bond motifs is 3. The highest BCUT2D eigenvalue weighted by Crippen LogP contribution is 2.31. The lowest BCUT2D eigenvalue weighted by molar-refractivity contribution is 0.0968. The molecule has 1 aliphatic heterocycles. The second-order valence-corrected chi connectivity index (χ2v) is 6.70. The van der Waals surface area contributed by atoms with Gasteiger partial charge in [-0.2, -0.15) is 0 Å². The highest BCUT2D eigenvalue weighted by Gasteiger charge is 2.24. The van der Waals surface area contributed by atoms with Crippen LogP contribution in [0.4, 0.5) is 0 Å². The molecule has 5 rings (SSSR count). The molecule has 3 aromatic rings. The molecule has 5 nitrogen and oxygen atoms in total. The molecule has 1 N–H and O–H groups in total. The number of rotatable bonds is 2. The summed E-state index contributed by atoms with van der Waals surface area (Å²) in [5.41, 5.74) is 4.11. The smallest absolute Gasteiger partial charge is 0.179 e. The van der Waals surface area contributed by atoms with Gasteiger partial charge in [0.2, 0.25) is 0 Å². The van der Waals surface area contributed by atoms with E-state index in [1.54, 1.807) is 0 Å². The van der Waals surface area contributed by atoms with Crippen LogP contribution in [0.2, 0.25) is 0 Å². The van der Waals surface area contributed by atoms with Gasteiger partial charge in [0.15, 0.2) is 5.78 Å². The van der Waals surface area contributed by atoms with Crippen LogP contribution >= 0.6 is 0 Å². The number of H-pyrrole nitrogens is 1. The van der Waals surface area contributed by atoms with Crippen LogP contribution < -0.4 is 0 Å². The first-order valence-electron chi connectivity index (χ1n) is 8.60. The van der Waals surface area contributed by atoms with Crippen molar-refractivity contribution in [3.05, 3.63) is 47.7 Å². The summed E-state index contributed by atoms with van der Waals surface area (Å²) < 4.78 is 7.65. The molecule has 1 unspecified atom stereocenters. The SMILES string of the molecule is O=C1CCCc2c1[nH]c1cc(-n3ccnc3C3CCOC3)ccc21. The maximum Gasteiger partial charge on any atom is 0.179 e. The van der Waals surface area contributed by atoms with Gasteiger partial charge in [0.25, 0.3) is 0 Å². The molecule has 1 aromatic carbocycles. The number of aryl methyl sites for hydroxylation is 1. The highest BCUT2D eigenvalue weighted by molar-refractivity contribution is 6.03. The number of ketones is 1. The van der Waals surface area contributed by atoms with Gasteiger partial charge in [-0.25, -0.2) is 4.98 Å². The monoisotopic (exact) mass is 321 g/mol. The Hall–Kier alpha value is -2.40. The number of ether oxygens (including phenoxy) is 1. The van der Waals surface area contributed by atoms with Crippen LogP contribution in [0, 0.1) is 0 Å². The first-order chi connectivity index (χ1) is 11.8.